The van der Waals surface area contributed by atoms with Gasteiger partial charge in [-0.25, -0.2) is 0 Å². The molecule has 0 saturated heterocycles. The Hall–Kier alpha value is -0.580. The van der Waals surface area contributed by atoms with Gasteiger partial charge in [-0.15, -0.1) is 0 Å². The summed E-state index contributed by atoms with van der Waals surface area (Å²) in [4.78, 5) is 2.50. The van der Waals surface area contributed by atoms with Crippen LogP contribution in [-0.2, 0) is 13.5 Å². The maximum Gasteiger partial charge on any atom is 0.0847 e. The van der Waals surface area contributed by atoms with E-state index in [9.17, 15) is 0 Å². The number of aromatic nitrogens is 2. The summed E-state index contributed by atoms with van der Waals surface area (Å²) in [6.07, 6.45) is 0.882. The number of aryl methyl sites for hydroxylation is 2. The minimum atomic E-state index is 0.0566. The van der Waals surface area contributed by atoms with Crippen molar-refractivity contribution in [1.29, 1.82) is 0 Å². The van der Waals surface area contributed by atoms with Gasteiger partial charge in [0.2, 0.25) is 0 Å². The van der Waals surface area contributed by atoms with Crippen LogP contribution in [-0.4, -0.2) is 45.9 Å². The van der Waals surface area contributed by atoms with Crippen molar-refractivity contribution in [1.82, 2.24) is 20.0 Å². The molecule has 5 heteroatoms. The first-order chi connectivity index (χ1) is 9.79. The van der Waals surface area contributed by atoms with Gasteiger partial charge in [0, 0.05) is 25.0 Å². The van der Waals surface area contributed by atoms with Gasteiger partial charge >= 0.3 is 0 Å². The van der Waals surface area contributed by atoms with Crippen molar-refractivity contribution in [2.24, 2.45) is 7.05 Å². The van der Waals surface area contributed by atoms with Crippen LogP contribution in [0.4, 0.5) is 0 Å². The summed E-state index contributed by atoms with van der Waals surface area (Å²) in [5, 5.41) is 8.88. The lowest BCUT2D eigenvalue weighted by Gasteiger charge is -2.44. The van der Waals surface area contributed by atoms with Crippen LogP contribution >= 0.6 is 11.6 Å². The molecule has 0 aliphatic carbocycles. The van der Waals surface area contributed by atoms with Gasteiger partial charge in [-0.1, -0.05) is 32.4 Å². The van der Waals surface area contributed by atoms with Gasteiger partial charge in [0.1, 0.15) is 0 Å². The molecular formula is C16H31ClN4. The Labute approximate surface area is 134 Å². The third-order valence-electron chi connectivity index (χ3n) is 4.54. The van der Waals surface area contributed by atoms with Crippen LogP contribution in [0.2, 0.25) is 5.02 Å². The van der Waals surface area contributed by atoms with Gasteiger partial charge in [-0.05, 0) is 40.4 Å². The lowest BCUT2D eigenvalue weighted by molar-refractivity contribution is 0.0910. The first kappa shape index (κ1) is 18.5. The van der Waals surface area contributed by atoms with E-state index in [4.69, 9.17) is 11.6 Å². The van der Waals surface area contributed by atoms with E-state index < -0.39 is 0 Å². The molecule has 0 fully saturated rings. The smallest absolute Gasteiger partial charge is 0.0847 e. The second-order valence-corrected chi connectivity index (χ2v) is 6.49. The molecule has 1 aromatic heterocycles. The second kappa shape index (κ2) is 7.61. The molecule has 0 aromatic carbocycles. The fourth-order valence-corrected chi connectivity index (χ4v) is 3.41. The predicted molar refractivity (Wildman–Crippen MR) is 91.1 cm³/mol. The number of rotatable bonds is 8. The summed E-state index contributed by atoms with van der Waals surface area (Å²) >= 11 is 6.43. The minimum Gasteiger partial charge on any atom is -0.312 e. The van der Waals surface area contributed by atoms with E-state index in [1.165, 1.54) is 0 Å². The molecule has 0 bridgehead atoms. The standard InChI is InChI=1S/C16H31ClN4/c1-8-18-14(16(5,6)21(9-2)10-3)11-13-15(17)12(4)19-20(13)7/h14,18H,8-11H2,1-7H3. The van der Waals surface area contributed by atoms with Gasteiger partial charge in [0.15, 0.2) is 0 Å². The first-order valence-corrected chi connectivity index (χ1v) is 8.33. The minimum absolute atomic E-state index is 0.0566. The zero-order valence-corrected chi connectivity index (χ0v) is 15.4. The van der Waals surface area contributed by atoms with E-state index in [0.717, 1.165) is 42.5 Å². The van der Waals surface area contributed by atoms with E-state index >= 15 is 0 Å². The Bertz CT molecular complexity index is 449. The summed E-state index contributed by atoms with van der Waals surface area (Å²) in [6.45, 7) is 16.2. The lowest BCUT2D eigenvalue weighted by Crippen LogP contribution is -2.58. The molecule has 0 spiro atoms. The fourth-order valence-electron chi connectivity index (χ4n) is 3.17. The van der Waals surface area contributed by atoms with Crippen LogP contribution in [0.3, 0.4) is 0 Å². The maximum absolute atomic E-state index is 6.43. The zero-order chi connectivity index (χ0) is 16.2. The van der Waals surface area contributed by atoms with Gasteiger partial charge in [-0.3, -0.25) is 9.58 Å². The molecule has 1 atom stereocenters. The molecule has 0 aliphatic rings. The topological polar surface area (TPSA) is 33.1 Å². The predicted octanol–water partition coefficient (Wildman–Crippen LogP) is 3.02. The van der Waals surface area contributed by atoms with Crippen LogP contribution in [0.5, 0.6) is 0 Å². The zero-order valence-electron chi connectivity index (χ0n) is 14.6. The van der Waals surface area contributed by atoms with Crippen molar-refractivity contribution in [2.75, 3.05) is 19.6 Å². The van der Waals surface area contributed by atoms with E-state index in [2.05, 4.69) is 49.9 Å². The summed E-state index contributed by atoms with van der Waals surface area (Å²) in [5.74, 6) is 0. The Morgan fingerprint density at radius 1 is 1.29 bits per heavy atom. The van der Waals surface area contributed by atoms with E-state index in [0.29, 0.717) is 6.04 Å². The second-order valence-electron chi connectivity index (χ2n) is 6.11. The van der Waals surface area contributed by atoms with E-state index in [-0.39, 0.29) is 5.54 Å². The molecule has 1 heterocycles. The molecule has 0 radical (unpaired) electrons. The highest BCUT2D eigenvalue weighted by Gasteiger charge is 2.34. The monoisotopic (exact) mass is 314 g/mol. The number of nitrogens with zero attached hydrogens (tertiary/aromatic N) is 3. The molecule has 1 unspecified atom stereocenters. The number of hydrogen-bond donors (Lipinski definition) is 1. The Balaban J connectivity index is 3.06. The van der Waals surface area contributed by atoms with Crippen LogP contribution in [0, 0.1) is 6.92 Å². The Kier molecular flexibility index (Phi) is 6.70. The van der Waals surface area contributed by atoms with Gasteiger partial charge < -0.3 is 5.32 Å². The van der Waals surface area contributed by atoms with Crippen LogP contribution in [0.1, 0.15) is 46.0 Å². The van der Waals surface area contributed by atoms with Crippen molar-refractivity contribution in [3.8, 4) is 0 Å². The summed E-state index contributed by atoms with van der Waals surface area (Å²) in [7, 11) is 1.97. The highest BCUT2D eigenvalue weighted by atomic mass is 35.5. The molecule has 1 aromatic rings. The first-order valence-electron chi connectivity index (χ1n) is 7.95. The van der Waals surface area contributed by atoms with Crippen LogP contribution in [0.25, 0.3) is 0 Å². The van der Waals surface area contributed by atoms with Crippen molar-refractivity contribution in [3.63, 3.8) is 0 Å². The average molecular weight is 315 g/mol. The highest BCUT2D eigenvalue weighted by Crippen LogP contribution is 2.26. The normalized spacial score (nSPS) is 14.0. The summed E-state index contributed by atoms with van der Waals surface area (Å²) in [5.41, 5.74) is 2.08. The lowest BCUT2D eigenvalue weighted by atomic mass is 9.88. The van der Waals surface area contributed by atoms with E-state index in [1.807, 2.05) is 18.7 Å². The molecule has 0 amide bonds. The number of halogens is 1. The van der Waals surface area contributed by atoms with Gasteiger partial charge in [-0.2, -0.15) is 5.10 Å². The molecule has 122 valence electrons. The molecule has 21 heavy (non-hydrogen) atoms. The third-order valence-corrected chi connectivity index (χ3v) is 5.03. The van der Waals surface area contributed by atoms with Crippen molar-refractivity contribution < 1.29 is 0 Å². The van der Waals surface area contributed by atoms with Gasteiger partial charge in [0.25, 0.3) is 0 Å². The molecule has 0 saturated carbocycles. The van der Waals surface area contributed by atoms with Crippen LogP contribution < -0.4 is 5.32 Å². The quantitative estimate of drug-likeness (QED) is 0.800. The molecular weight excluding hydrogens is 284 g/mol. The summed E-state index contributed by atoms with van der Waals surface area (Å²) in [6, 6.07) is 0.328. The SMILES string of the molecule is CCNC(Cc1c(Cl)c(C)nn1C)C(C)(C)N(CC)CC. The largest absolute Gasteiger partial charge is 0.312 e. The highest BCUT2D eigenvalue weighted by molar-refractivity contribution is 6.31. The third kappa shape index (κ3) is 3.99. The van der Waals surface area contributed by atoms with Crippen molar-refractivity contribution in [3.05, 3.63) is 16.4 Å². The number of hydrogen-bond acceptors (Lipinski definition) is 3. The average Bonchev–Trinajstić information content (AvgIpc) is 2.65. The number of likely N-dealkylation sites (N-methyl/N-ethyl adjacent to an activating group) is 2. The summed E-state index contributed by atoms with van der Waals surface area (Å²) < 4.78 is 1.92. The molecule has 1 N–H and O–H groups in total. The van der Waals surface area contributed by atoms with Gasteiger partial charge in [0.05, 0.1) is 16.4 Å². The molecule has 0 aliphatic heterocycles. The van der Waals surface area contributed by atoms with Crippen LogP contribution in [0.15, 0.2) is 0 Å². The number of nitrogens with one attached hydrogen (secondary N) is 1. The molecule has 1 rings (SSSR count). The van der Waals surface area contributed by atoms with Crippen molar-refractivity contribution in [2.45, 2.75) is 59.5 Å². The van der Waals surface area contributed by atoms with Crippen molar-refractivity contribution >= 4 is 11.6 Å². The maximum atomic E-state index is 6.43. The Morgan fingerprint density at radius 2 is 1.86 bits per heavy atom. The Morgan fingerprint density at radius 3 is 2.24 bits per heavy atom. The fraction of sp³-hybridized carbons (Fsp3) is 0.812. The molecule has 4 nitrogen and oxygen atoms in total. The van der Waals surface area contributed by atoms with E-state index in [1.54, 1.807) is 0 Å².